The van der Waals surface area contributed by atoms with Crippen LogP contribution >= 0.6 is 0 Å². The Kier molecular flexibility index (Phi) is 5.00. The molecule has 2 aromatic carbocycles. The van der Waals surface area contributed by atoms with Crippen LogP contribution in [0.25, 0.3) is 0 Å². The fraction of sp³-hybridized carbons (Fsp3) is 0.278. The minimum Gasteiger partial charge on any atom is -0.366 e. The van der Waals surface area contributed by atoms with Crippen molar-refractivity contribution in [3.05, 3.63) is 71.5 Å². The Labute approximate surface area is 134 Å². The van der Waals surface area contributed by atoms with Crippen molar-refractivity contribution in [3.8, 4) is 0 Å². The Morgan fingerprint density at radius 3 is 2.48 bits per heavy atom. The molecule has 2 atom stereocenters. The lowest BCUT2D eigenvalue weighted by atomic mass is 9.98. The number of benzene rings is 2. The van der Waals surface area contributed by atoms with Crippen LogP contribution in [0.2, 0.25) is 0 Å². The molecule has 0 aliphatic carbocycles. The number of carbonyl (C=O) groups is 1. The average molecular weight is 314 g/mol. The largest absolute Gasteiger partial charge is 0.366 e. The molecule has 23 heavy (non-hydrogen) atoms. The van der Waals surface area contributed by atoms with E-state index in [-0.39, 0.29) is 17.8 Å². The molecule has 5 heteroatoms. The van der Waals surface area contributed by atoms with Crippen LogP contribution in [0.5, 0.6) is 0 Å². The highest BCUT2D eigenvalue weighted by Gasteiger charge is 2.25. The maximum Gasteiger partial charge on any atom is 0.251 e. The van der Waals surface area contributed by atoms with Crippen LogP contribution in [0.3, 0.4) is 0 Å². The second kappa shape index (κ2) is 7.35. The molecule has 1 aliphatic heterocycles. The number of nitrogens with one attached hydrogen (secondary N) is 2. The van der Waals surface area contributed by atoms with Gasteiger partial charge in [0, 0.05) is 13.1 Å². The van der Waals surface area contributed by atoms with E-state index in [4.69, 9.17) is 4.74 Å². The fourth-order valence-electron chi connectivity index (χ4n) is 2.63. The molecule has 1 heterocycles. The maximum atomic E-state index is 13.2. The lowest BCUT2D eigenvalue weighted by molar-refractivity contribution is -0.134. The summed E-state index contributed by atoms with van der Waals surface area (Å²) in [6, 6.07) is 15.5. The topological polar surface area (TPSA) is 50.4 Å². The predicted molar refractivity (Wildman–Crippen MR) is 85.4 cm³/mol. The highest BCUT2D eigenvalue weighted by atomic mass is 19.1. The predicted octanol–water partition coefficient (Wildman–Crippen LogP) is 2.02. The third-order valence-corrected chi connectivity index (χ3v) is 3.84. The smallest absolute Gasteiger partial charge is 0.251 e. The van der Waals surface area contributed by atoms with Gasteiger partial charge in [-0.15, -0.1) is 0 Å². The number of morpholine rings is 1. The van der Waals surface area contributed by atoms with Gasteiger partial charge >= 0.3 is 0 Å². The van der Waals surface area contributed by atoms with Crippen molar-refractivity contribution >= 4 is 5.91 Å². The van der Waals surface area contributed by atoms with Crippen LogP contribution in [0.1, 0.15) is 17.2 Å². The second-order valence-corrected chi connectivity index (χ2v) is 5.47. The first-order valence-electron chi connectivity index (χ1n) is 7.67. The normalized spacial score (nSPS) is 19.1. The zero-order valence-corrected chi connectivity index (χ0v) is 12.7. The van der Waals surface area contributed by atoms with Gasteiger partial charge in [-0.3, -0.25) is 4.79 Å². The van der Waals surface area contributed by atoms with Gasteiger partial charge in [-0.1, -0.05) is 42.5 Å². The standard InChI is InChI=1S/C18H19FN2O2/c19-15-8-6-14(7-9-15)17(13-4-2-1-3-5-13)21-18(22)16-12-20-10-11-23-16/h1-9,16-17,20H,10-12H2,(H,21,22). The third kappa shape index (κ3) is 3.94. The molecule has 0 aromatic heterocycles. The van der Waals surface area contributed by atoms with Gasteiger partial charge in [0.1, 0.15) is 11.9 Å². The molecule has 2 aromatic rings. The third-order valence-electron chi connectivity index (χ3n) is 3.84. The molecule has 0 spiro atoms. The van der Waals surface area contributed by atoms with Crippen LogP contribution in [-0.2, 0) is 9.53 Å². The molecule has 120 valence electrons. The van der Waals surface area contributed by atoms with E-state index in [1.54, 1.807) is 12.1 Å². The van der Waals surface area contributed by atoms with Gasteiger partial charge in [0.25, 0.3) is 5.91 Å². The van der Waals surface area contributed by atoms with Crippen LogP contribution in [0, 0.1) is 5.82 Å². The molecule has 0 radical (unpaired) electrons. The van der Waals surface area contributed by atoms with Crippen molar-refractivity contribution in [3.63, 3.8) is 0 Å². The first-order chi connectivity index (χ1) is 11.2. The zero-order chi connectivity index (χ0) is 16.1. The fourth-order valence-corrected chi connectivity index (χ4v) is 2.63. The number of hydrogen-bond donors (Lipinski definition) is 2. The molecule has 2 N–H and O–H groups in total. The number of halogens is 1. The highest BCUT2D eigenvalue weighted by molar-refractivity contribution is 5.82. The number of rotatable bonds is 4. The second-order valence-electron chi connectivity index (χ2n) is 5.47. The molecule has 1 fully saturated rings. The Morgan fingerprint density at radius 1 is 1.13 bits per heavy atom. The van der Waals surface area contributed by atoms with E-state index < -0.39 is 6.10 Å². The van der Waals surface area contributed by atoms with Crippen LogP contribution < -0.4 is 10.6 Å². The minimum absolute atomic E-state index is 0.171. The summed E-state index contributed by atoms with van der Waals surface area (Å²) in [7, 11) is 0. The van der Waals surface area contributed by atoms with Crippen molar-refractivity contribution in [1.29, 1.82) is 0 Å². The van der Waals surface area contributed by atoms with Crippen molar-refractivity contribution in [2.24, 2.45) is 0 Å². The average Bonchev–Trinajstić information content (AvgIpc) is 2.62. The molecule has 0 saturated carbocycles. The van der Waals surface area contributed by atoms with Crippen LogP contribution in [0.15, 0.2) is 54.6 Å². The zero-order valence-electron chi connectivity index (χ0n) is 12.7. The Bertz CT molecular complexity index is 640. The van der Waals surface area contributed by atoms with Crippen molar-refractivity contribution < 1.29 is 13.9 Å². The first-order valence-corrected chi connectivity index (χ1v) is 7.67. The van der Waals surface area contributed by atoms with Gasteiger partial charge in [-0.05, 0) is 23.3 Å². The molecule has 4 nitrogen and oxygen atoms in total. The maximum absolute atomic E-state index is 13.2. The SMILES string of the molecule is O=C(NC(c1ccccc1)c1ccc(F)cc1)C1CNCCO1. The van der Waals surface area contributed by atoms with Gasteiger partial charge in [-0.25, -0.2) is 4.39 Å². The molecule has 2 unspecified atom stereocenters. The van der Waals surface area contributed by atoms with E-state index in [2.05, 4.69) is 10.6 Å². The van der Waals surface area contributed by atoms with Crippen molar-refractivity contribution in [1.82, 2.24) is 10.6 Å². The van der Waals surface area contributed by atoms with E-state index in [9.17, 15) is 9.18 Å². The summed E-state index contributed by atoms with van der Waals surface area (Å²) < 4.78 is 18.7. The van der Waals surface area contributed by atoms with Gasteiger partial charge < -0.3 is 15.4 Å². The Morgan fingerprint density at radius 2 is 1.83 bits per heavy atom. The van der Waals surface area contributed by atoms with Gasteiger partial charge in [0.05, 0.1) is 12.6 Å². The van der Waals surface area contributed by atoms with Crippen molar-refractivity contribution in [2.45, 2.75) is 12.1 Å². The van der Waals surface area contributed by atoms with Gasteiger partial charge in [0.15, 0.2) is 0 Å². The van der Waals surface area contributed by atoms with Crippen molar-refractivity contribution in [2.75, 3.05) is 19.7 Å². The molecule has 1 aliphatic rings. The lowest BCUT2D eigenvalue weighted by Crippen LogP contribution is -2.48. The summed E-state index contributed by atoms with van der Waals surface area (Å²) in [5.74, 6) is -0.470. The number of hydrogen-bond acceptors (Lipinski definition) is 3. The summed E-state index contributed by atoms with van der Waals surface area (Å²) in [6.07, 6.45) is -0.504. The van der Waals surface area contributed by atoms with E-state index in [0.717, 1.165) is 17.7 Å². The summed E-state index contributed by atoms with van der Waals surface area (Å²) >= 11 is 0. The molecule has 1 saturated heterocycles. The molecule has 3 rings (SSSR count). The van der Waals surface area contributed by atoms with E-state index >= 15 is 0 Å². The van der Waals surface area contributed by atoms with Crippen LogP contribution in [-0.4, -0.2) is 31.7 Å². The number of ether oxygens (including phenoxy) is 1. The van der Waals surface area contributed by atoms with Gasteiger partial charge in [-0.2, -0.15) is 0 Å². The van der Waals surface area contributed by atoms with Crippen LogP contribution in [0.4, 0.5) is 4.39 Å². The highest BCUT2D eigenvalue weighted by Crippen LogP contribution is 2.22. The lowest BCUT2D eigenvalue weighted by Gasteiger charge is -2.26. The minimum atomic E-state index is -0.504. The molecule has 0 bridgehead atoms. The molecule has 1 amide bonds. The van der Waals surface area contributed by atoms with Gasteiger partial charge in [0.2, 0.25) is 0 Å². The Balaban J connectivity index is 1.83. The quantitative estimate of drug-likeness (QED) is 0.908. The molecular formula is C18H19FN2O2. The summed E-state index contributed by atoms with van der Waals surface area (Å²) in [6.45, 7) is 1.77. The molecular weight excluding hydrogens is 295 g/mol. The van der Waals surface area contributed by atoms with E-state index in [1.165, 1.54) is 12.1 Å². The number of amides is 1. The summed E-state index contributed by atoms with van der Waals surface area (Å²) in [5, 5.41) is 6.15. The summed E-state index contributed by atoms with van der Waals surface area (Å²) in [5.41, 5.74) is 1.77. The van der Waals surface area contributed by atoms with E-state index in [1.807, 2.05) is 30.3 Å². The monoisotopic (exact) mass is 314 g/mol. The Hall–Kier alpha value is -2.24. The number of carbonyl (C=O) groups excluding carboxylic acids is 1. The summed E-state index contributed by atoms with van der Waals surface area (Å²) in [4.78, 5) is 12.5. The van der Waals surface area contributed by atoms with E-state index in [0.29, 0.717) is 13.2 Å². The first kappa shape index (κ1) is 15.6.